The van der Waals surface area contributed by atoms with E-state index >= 15 is 0 Å². The van der Waals surface area contributed by atoms with E-state index in [0.717, 1.165) is 25.7 Å². The molecule has 0 aliphatic carbocycles. The van der Waals surface area contributed by atoms with Crippen LogP contribution in [0.2, 0.25) is 0 Å². The van der Waals surface area contributed by atoms with E-state index in [1.165, 1.54) is 12.8 Å². The number of nitrogens with one attached hydrogen (secondary N) is 1. The SMILES string of the molecule is CCC(C)NCC1CCOC1. The van der Waals surface area contributed by atoms with Crippen molar-refractivity contribution in [1.82, 2.24) is 5.32 Å². The summed E-state index contributed by atoms with van der Waals surface area (Å²) in [5, 5.41) is 3.49. The molecular formula is C9H19NO. The zero-order valence-electron chi connectivity index (χ0n) is 7.60. The van der Waals surface area contributed by atoms with E-state index in [2.05, 4.69) is 19.2 Å². The first kappa shape index (κ1) is 9.01. The summed E-state index contributed by atoms with van der Waals surface area (Å²) in [6, 6.07) is 0.663. The Balaban J connectivity index is 2.01. The average molecular weight is 157 g/mol. The minimum absolute atomic E-state index is 0.663. The summed E-state index contributed by atoms with van der Waals surface area (Å²) in [5.41, 5.74) is 0. The third kappa shape index (κ3) is 3.21. The van der Waals surface area contributed by atoms with E-state index < -0.39 is 0 Å². The second-order valence-corrected chi connectivity index (χ2v) is 3.45. The normalized spacial score (nSPS) is 27.3. The molecule has 0 spiro atoms. The third-order valence-corrected chi connectivity index (χ3v) is 2.39. The summed E-state index contributed by atoms with van der Waals surface area (Å²) in [4.78, 5) is 0. The van der Waals surface area contributed by atoms with Gasteiger partial charge in [-0.2, -0.15) is 0 Å². The molecule has 11 heavy (non-hydrogen) atoms. The molecule has 0 bridgehead atoms. The molecule has 1 saturated heterocycles. The van der Waals surface area contributed by atoms with Crippen molar-refractivity contribution >= 4 is 0 Å². The first-order valence-corrected chi connectivity index (χ1v) is 4.64. The van der Waals surface area contributed by atoms with Crippen LogP contribution in [0.25, 0.3) is 0 Å². The quantitative estimate of drug-likeness (QED) is 0.666. The Hall–Kier alpha value is -0.0800. The summed E-state index contributed by atoms with van der Waals surface area (Å²) in [6.07, 6.45) is 2.46. The number of hydrogen-bond acceptors (Lipinski definition) is 2. The number of hydrogen-bond donors (Lipinski definition) is 1. The Kier molecular flexibility index (Phi) is 3.87. The fourth-order valence-corrected chi connectivity index (χ4v) is 1.26. The van der Waals surface area contributed by atoms with E-state index in [4.69, 9.17) is 4.74 Å². The Morgan fingerprint density at radius 3 is 3.00 bits per heavy atom. The Bertz CT molecular complexity index is 99.7. The van der Waals surface area contributed by atoms with Crippen LogP contribution in [0.3, 0.4) is 0 Å². The minimum Gasteiger partial charge on any atom is -0.381 e. The highest BCUT2D eigenvalue weighted by Crippen LogP contribution is 2.10. The predicted octanol–water partition coefficient (Wildman–Crippen LogP) is 1.41. The van der Waals surface area contributed by atoms with Gasteiger partial charge in [-0.05, 0) is 25.7 Å². The van der Waals surface area contributed by atoms with Crippen molar-refractivity contribution in [2.75, 3.05) is 19.8 Å². The van der Waals surface area contributed by atoms with Crippen LogP contribution in [0.1, 0.15) is 26.7 Å². The fourth-order valence-electron chi connectivity index (χ4n) is 1.26. The molecule has 0 aromatic carbocycles. The van der Waals surface area contributed by atoms with Gasteiger partial charge in [0, 0.05) is 19.2 Å². The van der Waals surface area contributed by atoms with Crippen molar-refractivity contribution in [2.45, 2.75) is 32.7 Å². The first-order chi connectivity index (χ1) is 5.33. The van der Waals surface area contributed by atoms with E-state index in [1.54, 1.807) is 0 Å². The van der Waals surface area contributed by atoms with Crippen molar-refractivity contribution in [3.63, 3.8) is 0 Å². The van der Waals surface area contributed by atoms with E-state index in [-0.39, 0.29) is 0 Å². The van der Waals surface area contributed by atoms with Crippen LogP contribution >= 0.6 is 0 Å². The van der Waals surface area contributed by atoms with Crippen LogP contribution in [0, 0.1) is 5.92 Å². The molecule has 0 amide bonds. The highest BCUT2D eigenvalue weighted by molar-refractivity contribution is 4.68. The van der Waals surface area contributed by atoms with Crippen molar-refractivity contribution in [2.24, 2.45) is 5.92 Å². The molecule has 2 atom stereocenters. The van der Waals surface area contributed by atoms with E-state index in [0.29, 0.717) is 6.04 Å². The molecule has 2 unspecified atom stereocenters. The van der Waals surface area contributed by atoms with Gasteiger partial charge in [-0.3, -0.25) is 0 Å². The summed E-state index contributed by atoms with van der Waals surface area (Å²) in [5.74, 6) is 0.768. The lowest BCUT2D eigenvalue weighted by molar-refractivity contribution is 0.184. The molecule has 1 rings (SSSR count). The van der Waals surface area contributed by atoms with Gasteiger partial charge < -0.3 is 10.1 Å². The smallest absolute Gasteiger partial charge is 0.0507 e. The average Bonchev–Trinajstić information content (AvgIpc) is 2.52. The standard InChI is InChI=1S/C9H19NO/c1-3-8(2)10-6-9-4-5-11-7-9/h8-10H,3-7H2,1-2H3. The zero-order chi connectivity index (χ0) is 8.10. The molecule has 1 aliphatic rings. The summed E-state index contributed by atoms with van der Waals surface area (Å²) in [6.45, 7) is 7.50. The van der Waals surface area contributed by atoms with Gasteiger partial charge >= 0.3 is 0 Å². The lowest BCUT2D eigenvalue weighted by Gasteiger charge is -2.14. The summed E-state index contributed by atoms with van der Waals surface area (Å²) >= 11 is 0. The fraction of sp³-hybridized carbons (Fsp3) is 1.00. The Morgan fingerprint density at radius 1 is 1.64 bits per heavy atom. The number of rotatable bonds is 4. The molecule has 1 heterocycles. The van der Waals surface area contributed by atoms with Gasteiger partial charge in [-0.1, -0.05) is 6.92 Å². The Labute approximate surface area is 69.3 Å². The third-order valence-electron chi connectivity index (χ3n) is 2.39. The molecule has 0 aromatic rings. The maximum absolute atomic E-state index is 5.28. The van der Waals surface area contributed by atoms with Crippen molar-refractivity contribution < 1.29 is 4.74 Å². The van der Waals surface area contributed by atoms with Crippen LogP contribution in [0.4, 0.5) is 0 Å². The summed E-state index contributed by atoms with van der Waals surface area (Å²) in [7, 11) is 0. The topological polar surface area (TPSA) is 21.3 Å². The van der Waals surface area contributed by atoms with E-state index in [9.17, 15) is 0 Å². The highest BCUT2D eigenvalue weighted by atomic mass is 16.5. The van der Waals surface area contributed by atoms with Crippen molar-refractivity contribution in [3.05, 3.63) is 0 Å². The van der Waals surface area contributed by atoms with Crippen LogP contribution in [0.5, 0.6) is 0 Å². The molecule has 66 valence electrons. The zero-order valence-corrected chi connectivity index (χ0v) is 7.60. The highest BCUT2D eigenvalue weighted by Gasteiger charge is 2.15. The molecular weight excluding hydrogens is 138 g/mol. The Morgan fingerprint density at radius 2 is 2.45 bits per heavy atom. The first-order valence-electron chi connectivity index (χ1n) is 4.64. The molecule has 1 N–H and O–H groups in total. The van der Waals surface area contributed by atoms with Crippen molar-refractivity contribution in [3.8, 4) is 0 Å². The van der Waals surface area contributed by atoms with Crippen LogP contribution in [-0.2, 0) is 4.74 Å². The van der Waals surface area contributed by atoms with Crippen LogP contribution < -0.4 is 5.32 Å². The lowest BCUT2D eigenvalue weighted by atomic mass is 10.1. The van der Waals surface area contributed by atoms with E-state index in [1.807, 2.05) is 0 Å². The van der Waals surface area contributed by atoms with Gasteiger partial charge in [-0.15, -0.1) is 0 Å². The molecule has 0 radical (unpaired) electrons. The van der Waals surface area contributed by atoms with Crippen LogP contribution in [-0.4, -0.2) is 25.8 Å². The van der Waals surface area contributed by atoms with Gasteiger partial charge in [-0.25, -0.2) is 0 Å². The van der Waals surface area contributed by atoms with Crippen LogP contribution in [0.15, 0.2) is 0 Å². The maximum atomic E-state index is 5.28. The maximum Gasteiger partial charge on any atom is 0.0507 e. The van der Waals surface area contributed by atoms with Gasteiger partial charge in [0.05, 0.1) is 6.61 Å². The van der Waals surface area contributed by atoms with Crippen molar-refractivity contribution in [1.29, 1.82) is 0 Å². The van der Waals surface area contributed by atoms with Gasteiger partial charge in [0.25, 0.3) is 0 Å². The largest absolute Gasteiger partial charge is 0.381 e. The minimum atomic E-state index is 0.663. The molecule has 2 heteroatoms. The molecule has 0 saturated carbocycles. The number of ether oxygens (including phenoxy) is 1. The second-order valence-electron chi connectivity index (χ2n) is 3.45. The summed E-state index contributed by atoms with van der Waals surface area (Å²) < 4.78 is 5.28. The molecule has 2 nitrogen and oxygen atoms in total. The predicted molar refractivity (Wildman–Crippen MR) is 46.7 cm³/mol. The monoisotopic (exact) mass is 157 g/mol. The van der Waals surface area contributed by atoms with Gasteiger partial charge in [0.1, 0.15) is 0 Å². The molecule has 1 aliphatic heterocycles. The lowest BCUT2D eigenvalue weighted by Crippen LogP contribution is -2.30. The van der Waals surface area contributed by atoms with Gasteiger partial charge in [0.15, 0.2) is 0 Å². The van der Waals surface area contributed by atoms with Gasteiger partial charge in [0.2, 0.25) is 0 Å². The molecule has 0 aromatic heterocycles. The molecule has 1 fully saturated rings. The second kappa shape index (κ2) is 4.73.